The second kappa shape index (κ2) is 22.2. The molecule has 0 unspecified atom stereocenters. The molecule has 3 aliphatic rings. The molecule has 22 nitrogen and oxygen atoms in total. The number of sulfone groups is 1. The summed E-state index contributed by atoms with van der Waals surface area (Å²) in [5.74, 6) is 0.604. The Morgan fingerprint density at radius 3 is 2.33 bits per heavy atom. The topological polar surface area (TPSA) is 270 Å². The number of likely N-dealkylation sites (tertiary alicyclic amines) is 1. The van der Waals surface area contributed by atoms with E-state index in [1.54, 1.807) is 66.1 Å². The van der Waals surface area contributed by atoms with E-state index in [0.29, 0.717) is 67.0 Å². The number of aryl methyl sites for hydroxylation is 2. The van der Waals surface area contributed by atoms with E-state index in [0.717, 1.165) is 41.0 Å². The second-order valence-electron chi connectivity index (χ2n) is 22.0. The number of anilines is 3. The van der Waals surface area contributed by atoms with Crippen LogP contribution in [0.3, 0.4) is 0 Å². The third-order valence-electron chi connectivity index (χ3n) is 14.7. The van der Waals surface area contributed by atoms with Crippen molar-refractivity contribution in [2.24, 2.45) is 5.41 Å². The molecule has 5 N–H and O–H groups in total. The molecule has 5 atom stereocenters. The number of carbonyl (C=O) groups excluding carboxylic acids is 3. The predicted octanol–water partition coefficient (Wildman–Crippen LogP) is 5.35. The average molecular weight is 1070 g/mol. The number of amides is 4. The number of nitrogens with one attached hydrogen (secondary N) is 4. The molecule has 2 aliphatic heterocycles. The van der Waals surface area contributed by atoms with Gasteiger partial charge < -0.3 is 40.3 Å². The zero-order chi connectivity index (χ0) is 54.9. The Bertz CT molecular complexity index is 3060. The van der Waals surface area contributed by atoms with Gasteiger partial charge in [-0.15, -0.1) is 0 Å². The molecule has 0 saturated carbocycles. The molecule has 23 heteroatoms. The number of hydrogen-bond donors (Lipinski definition) is 5. The quantitative estimate of drug-likeness (QED) is 0.0834. The first kappa shape index (κ1) is 55.1. The molecular formula is C53H71N13O9S. The SMILES string of the molecule is Cc1[nH]nc(Nc2ncnc3cc(OCCN4CCN(c5ncc(O[C@H]6C[C@@H](C(=O)N[C@@H]7CCCc8ccccc87)N(C(=O)[C@@H](NC(=O)[C@H](C)N(C)C(=O)O)C(C)(C)C)C6)cn5)CC4)c(S(=O)(=O)C(C)(C)C)cc23)c1C. The lowest BCUT2D eigenvalue weighted by Crippen LogP contribution is -2.60. The molecule has 5 aromatic rings. The maximum Gasteiger partial charge on any atom is 0.407 e. The molecule has 0 spiro atoms. The summed E-state index contributed by atoms with van der Waals surface area (Å²) in [4.78, 5) is 79.0. The lowest BCUT2D eigenvalue weighted by molar-refractivity contribution is -0.144. The van der Waals surface area contributed by atoms with Gasteiger partial charge in [-0.2, -0.15) is 5.10 Å². The maximum atomic E-state index is 14.7. The monoisotopic (exact) mass is 1070 g/mol. The molecule has 4 amide bonds. The minimum absolute atomic E-state index is 0.0338. The highest BCUT2D eigenvalue weighted by molar-refractivity contribution is 7.92. The maximum absolute atomic E-state index is 14.7. The number of ether oxygens (including phenoxy) is 2. The average Bonchev–Trinajstić information content (AvgIpc) is 3.95. The third kappa shape index (κ3) is 11.9. The third-order valence-corrected chi connectivity index (χ3v) is 17.2. The largest absolute Gasteiger partial charge is 0.491 e. The van der Waals surface area contributed by atoms with Gasteiger partial charge in [-0.05, 0) is 83.4 Å². The Morgan fingerprint density at radius 2 is 1.67 bits per heavy atom. The molecule has 408 valence electrons. The van der Waals surface area contributed by atoms with Crippen molar-refractivity contribution in [2.75, 3.05) is 63.1 Å². The van der Waals surface area contributed by atoms with Gasteiger partial charge >= 0.3 is 6.09 Å². The molecule has 2 saturated heterocycles. The van der Waals surface area contributed by atoms with Crippen LogP contribution in [-0.4, -0.2) is 164 Å². The molecule has 0 radical (unpaired) electrons. The lowest BCUT2D eigenvalue weighted by atomic mass is 9.85. The Morgan fingerprint density at radius 1 is 0.961 bits per heavy atom. The first-order valence-electron chi connectivity index (χ1n) is 25.8. The van der Waals surface area contributed by atoms with Crippen LogP contribution in [-0.2, 0) is 30.6 Å². The van der Waals surface area contributed by atoms with E-state index in [1.807, 2.05) is 32.0 Å². The van der Waals surface area contributed by atoms with E-state index in [1.165, 1.54) is 30.8 Å². The van der Waals surface area contributed by atoms with Gasteiger partial charge in [-0.25, -0.2) is 33.1 Å². The predicted molar refractivity (Wildman–Crippen MR) is 285 cm³/mol. The highest BCUT2D eigenvalue weighted by atomic mass is 32.2. The van der Waals surface area contributed by atoms with Crippen molar-refractivity contribution in [3.05, 3.63) is 77.5 Å². The number of likely N-dealkylation sites (N-methyl/N-ethyl adjacent to an activating group) is 1. The van der Waals surface area contributed by atoms with Crippen LogP contribution in [0, 0.1) is 19.3 Å². The van der Waals surface area contributed by atoms with Crippen LogP contribution in [0.1, 0.15) is 96.2 Å². The number of carboxylic acid groups (broad SMARTS) is 1. The molecule has 2 aromatic carbocycles. The van der Waals surface area contributed by atoms with Gasteiger partial charge in [0.2, 0.25) is 23.7 Å². The van der Waals surface area contributed by atoms with Gasteiger partial charge in [0.15, 0.2) is 21.4 Å². The van der Waals surface area contributed by atoms with E-state index in [2.05, 4.69) is 61.9 Å². The molecule has 76 heavy (non-hydrogen) atoms. The van der Waals surface area contributed by atoms with Crippen molar-refractivity contribution in [1.82, 2.24) is 55.5 Å². The Kier molecular flexibility index (Phi) is 16.1. The van der Waals surface area contributed by atoms with Crippen LogP contribution in [0.4, 0.5) is 22.4 Å². The smallest absolute Gasteiger partial charge is 0.407 e. The van der Waals surface area contributed by atoms with Crippen LogP contribution in [0.2, 0.25) is 0 Å². The van der Waals surface area contributed by atoms with E-state index < -0.39 is 62.1 Å². The van der Waals surface area contributed by atoms with Crippen LogP contribution < -0.4 is 30.3 Å². The molecule has 2 fully saturated rings. The highest BCUT2D eigenvalue weighted by Crippen LogP contribution is 2.38. The summed E-state index contributed by atoms with van der Waals surface area (Å²) >= 11 is 0. The summed E-state index contributed by atoms with van der Waals surface area (Å²) in [5.41, 5.74) is 3.72. The molecule has 3 aromatic heterocycles. The van der Waals surface area contributed by atoms with Gasteiger partial charge in [0.1, 0.15) is 53.6 Å². The molecule has 5 heterocycles. The first-order valence-corrected chi connectivity index (χ1v) is 27.2. The van der Waals surface area contributed by atoms with Gasteiger partial charge in [0.25, 0.3) is 0 Å². The number of nitrogens with zero attached hydrogens (tertiary/aromatic N) is 9. The number of aromatic amines is 1. The number of rotatable bonds is 16. The number of hydrogen-bond acceptors (Lipinski definition) is 16. The number of piperazine rings is 1. The number of fused-ring (bicyclic) bond motifs is 2. The molecule has 1 aliphatic carbocycles. The fourth-order valence-electron chi connectivity index (χ4n) is 9.68. The highest BCUT2D eigenvalue weighted by Gasteiger charge is 2.47. The van der Waals surface area contributed by atoms with Crippen molar-refractivity contribution < 1.29 is 42.2 Å². The van der Waals surface area contributed by atoms with E-state index in [4.69, 9.17) is 9.47 Å². The Hall–Kier alpha value is -7.14. The van der Waals surface area contributed by atoms with Gasteiger partial charge in [-0.3, -0.25) is 29.3 Å². The van der Waals surface area contributed by atoms with Crippen molar-refractivity contribution in [3.8, 4) is 11.5 Å². The Balaban J connectivity index is 0.909. The van der Waals surface area contributed by atoms with Crippen LogP contribution in [0.5, 0.6) is 11.5 Å². The summed E-state index contributed by atoms with van der Waals surface area (Å²) in [6, 6.07) is 7.89. The van der Waals surface area contributed by atoms with Crippen molar-refractivity contribution in [3.63, 3.8) is 0 Å². The van der Waals surface area contributed by atoms with Crippen LogP contribution in [0.15, 0.2) is 60.0 Å². The van der Waals surface area contributed by atoms with Gasteiger partial charge in [-0.1, -0.05) is 45.0 Å². The summed E-state index contributed by atoms with van der Waals surface area (Å²) in [7, 11) is -2.59. The summed E-state index contributed by atoms with van der Waals surface area (Å²) < 4.78 is 39.7. The number of H-pyrrole nitrogens is 1. The minimum Gasteiger partial charge on any atom is -0.491 e. The first-order chi connectivity index (χ1) is 35.9. The number of benzene rings is 2. The Labute approximate surface area is 443 Å². The van der Waals surface area contributed by atoms with Crippen molar-refractivity contribution >= 4 is 62.1 Å². The minimum atomic E-state index is -3.87. The van der Waals surface area contributed by atoms with Crippen LogP contribution >= 0.6 is 0 Å². The normalized spacial score (nSPS) is 19.1. The van der Waals surface area contributed by atoms with E-state index in [-0.39, 0.29) is 42.2 Å². The molecular weight excluding hydrogens is 995 g/mol. The zero-order valence-corrected chi connectivity index (χ0v) is 45.8. The summed E-state index contributed by atoms with van der Waals surface area (Å²) in [6.45, 7) is 19.0. The lowest BCUT2D eigenvalue weighted by Gasteiger charge is -2.36. The fraction of sp³-hybridized carbons (Fsp3) is 0.528. The molecule has 8 rings (SSSR count). The van der Waals surface area contributed by atoms with Gasteiger partial charge in [0, 0.05) is 68.9 Å². The van der Waals surface area contributed by atoms with E-state index in [9.17, 15) is 32.7 Å². The molecule has 0 bridgehead atoms. The number of aromatic nitrogens is 6. The fourth-order valence-corrected chi connectivity index (χ4v) is 11.0. The van der Waals surface area contributed by atoms with Crippen molar-refractivity contribution in [1.29, 1.82) is 0 Å². The summed E-state index contributed by atoms with van der Waals surface area (Å²) in [5, 5.41) is 26.6. The summed E-state index contributed by atoms with van der Waals surface area (Å²) in [6.07, 6.45) is 5.37. The second-order valence-corrected chi connectivity index (χ2v) is 24.7. The van der Waals surface area contributed by atoms with E-state index >= 15 is 0 Å². The van der Waals surface area contributed by atoms with Crippen molar-refractivity contribution in [2.45, 2.75) is 128 Å². The standard InChI is InChI=1S/C53H71N13O9S/c1-31-32(2)61-62-45(31)60-46-38-25-43(76(72,73)53(7,8)9)42(26-40(38)56-30-57-46)74-23-22-64-18-20-65(21-19-64)50-54-27-36(28-55-50)75-35-24-41(48(68)58-39-17-13-15-34-14-11-12-16-37(34)39)66(29-35)49(69)44(52(4,5)6)59-47(67)33(3)63(10)51(70)71/h11-12,14,16,25-28,30,33,35,39,41,44H,13,15,17-24,29H2,1-10H3,(H,58,68)(H,59,67)(H,70,71)(H2,56,57,60,61,62)/t33-,35-,39+,41-,44+/m0/s1. The van der Waals surface area contributed by atoms with Gasteiger partial charge in [0.05, 0.1) is 35.2 Å². The van der Waals surface area contributed by atoms with Crippen LogP contribution in [0.25, 0.3) is 10.9 Å². The zero-order valence-electron chi connectivity index (χ0n) is 45.0. The number of carbonyl (C=O) groups is 4.